The van der Waals surface area contributed by atoms with Gasteiger partial charge in [0.15, 0.2) is 0 Å². The van der Waals surface area contributed by atoms with Crippen molar-refractivity contribution in [1.82, 2.24) is 10.9 Å². The number of aromatic hydroxyl groups is 1. The number of rotatable bonds is 6. The van der Waals surface area contributed by atoms with Crippen molar-refractivity contribution in [1.29, 1.82) is 5.26 Å². The van der Waals surface area contributed by atoms with Gasteiger partial charge in [-0.15, -0.1) is 0 Å². The molecule has 0 fully saturated rings. The van der Waals surface area contributed by atoms with Crippen molar-refractivity contribution in [3.8, 4) is 22.9 Å². The summed E-state index contributed by atoms with van der Waals surface area (Å²) in [4.78, 5) is 37.2. The quantitative estimate of drug-likeness (QED) is 0.289. The number of carbonyl (C=O) groups excluding carboxylic acids is 3. The zero-order valence-corrected chi connectivity index (χ0v) is 19.2. The summed E-state index contributed by atoms with van der Waals surface area (Å²) < 4.78 is 10.6. The Hall–Kier alpha value is -5.56. The van der Waals surface area contributed by atoms with Crippen molar-refractivity contribution >= 4 is 23.6 Å². The SMILES string of the molecule is N#Cc1cc(C(=O)NNC(=O)c2occc2-c2cccc(NC(=O)OCc3ccccc3)c2)ccc1O. The maximum Gasteiger partial charge on any atom is 0.411 e. The summed E-state index contributed by atoms with van der Waals surface area (Å²) >= 11 is 0. The lowest BCUT2D eigenvalue weighted by Crippen LogP contribution is -2.41. The molecule has 0 atom stereocenters. The van der Waals surface area contributed by atoms with Gasteiger partial charge in [-0.2, -0.15) is 5.26 Å². The van der Waals surface area contributed by atoms with Crippen LogP contribution in [0.5, 0.6) is 5.75 Å². The molecule has 3 aromatic carbocycles. The Labute approximate surface area is 211 Å². The average molecular weight is 496 g/mol. The van der Waals surface area contributed by atoms with Gasteiger partial charge >= 0.3 is 12.0 Å². The van der Waals surface area contributed by atoms with Crippen LogP contribution in [0.4, 0.5) is 10.5 Å². The van der Waals surface area contributed by atoms with Gasteiger partial charge in [-0.3, -0.25) is 25.8 Å². The minimum atomic E-state index is -0.728. The molecular formula is C27H20N4O6. The number of ether oxygens (including phenoxy) is 1. The first kappa shape index (κ1) is 24.6. The molecule has 0 spiro atoms. The Kier molecular flexibility index (Phi) is 7.46. The highest BCUT2D eigenvalue weighted by molar-refractivity contribution is 6.01. The molecule has 3 amide bonds. The fraction of sp³-hybridized carbons (Fsp3) is 0.0370. The van der Waals surface area contributed by atoms with Crippen LogP contribution in [0.15, 0.2) is 89.5 Å². The molecule has 4 N–H and O–H groups in total. The van der Waals surface area contributed by atoms with E-state index in [0.717, 1.165) is 5.56 Å². The second kappa shape index (κ2) is 11.2. The van der Waals surface area contributed by atoms with Crippen LogP contribution in [-0.4, -0.2) is 23.0 Å². The summed E-state index contributed by atoms with van der Waals surface area (Å²) in [5.74, 6) is -1.76. The molecule has 1 heterocycles. The van der Waals surface area contributed by atoms with Gasteiger partial charge in [0.25, 0.3) is 5.91 Å². The van der Waals surface area contributed by atoms with E-state index in [2.05, 4.69) is 16.2 Å². The first-order valence-electron chi connectivity index (χ1n) is 10.9. The monoisotopic (exact) mass is 496 g/mol. The van der Waals surface area contributed by atoms with Gasteiger partial charge in [-0.25, -0.2) is 4.79 Å². The highest BCUT2D eigenvalue weighted by atomic mass is 16.5. The number of anilines is 1. The number of hydrogen-bond acceptors (Lipinski definition) is 7. The number of hydrogen-bond donors (Lipinski definition) is 4. The van der Waals surface area contributed by atoms with Crippen LogP contribution in [0, 0.1) is 11.3 Å². The summed E-state index contributed by atoms with van der Waals surface area (Å²) in [7, 11) is 0. The molecule has 0 radical (unpaired) electrons. The van der Waals surface area contributed by atoms with E-state index in [-0.39, 0.29) is 29.2 Å². The lowest BCUT2D eigenvalue weighted by molar-refractivity contribution is 0.0831. The molecule has 0 saturated carbocycles. The van der Waals surface area contributed by atoms with Crippen LogP contribution in [0.3, 0.4) is 0 Å². The first-order chi connectivity index (χ1) is 17.9. The minimum absolute atomic E-state index is 0.0623. The normalized spacial score (nSPS) is 10.1. The van der Waals surface area contributed by atoms with Crippen molar-refractivity contribution in [2.24, 2.45) is 0 Å². The Balaban J connectivity index is 1.39. The van der Waals surface area contributed by atoms with E-state index in [1.165, 1.54) is 24.5 Å². The molecule has 4 rings (SSSR count). The molecule has 0 bridgehead atoms. The Morgan fingerprint density at radius 1 is 0.919 bits per heavy atom. The smallest absolute Gasteiger partial charge is 0.411 e. The summed E-state index contributed by atoms with van der Waals surface area (Å²) in [5, 5.41) is 21.2. The van der Waals surface area contributed by atoms with E-state index in [1.807, 2.05) is 30.3 Å². The Morgan fingerprint density at radius 2 is 1.70 bits per heavy atom. The Morgan fingerprint density at radius 3 is 2.49 bits per heavy atom. The molecule has 0 unspecified atom stereocenters. The van der Waals surface area contributed by atoms with E-state index in [1.54, 1.807) is 36.4 Å². The second-order valence-electron chi connectivity index (χ2n) is 7.68. The molecule has 1 aromatic heterocycles. The molecule has 4 aromatic rings. The number of benzene rings is 3. The largest absolute Gasteiger partial charge is 0.507 e. The van der Waals surface area contributed by atoms with Crippen LogP contribution in [0.2, 0.25) is 0 Å². The fourth-order valence-corrected chi connectivity index (χ4v) is 3.36. The van der Waals surface area contributed by atoms with Gasteiger partial charge < -0.3 is 14.3 Å². The van der Waals surface area contributed by atoms with Crippen molar-refractivity contribution in [2.75, 3.05) is 5.32 Å². The minimum Gasteiger partial charge on any atom is -0.507 e. The molecule has 37 heavy (non-hydrogen) atoms. The van der Waals surface area contributed by atoms with Crippen molar-refractivity contribution in [3.63, 3.8) is 0 Å². The average Bonchev–Trinajstić information content (AvgIpc) is 3.42. The second-order valence-corrected chi connectivity index (χ2v) is 7.68. The topological polar surface area (TPSA) is 154 Å². The summed E-state index contributed by atoms with van der Waals surface area (Å²) in [6.45, 7) is 0.117. The van der Waals surface area contributed by atoms with Crippen LogP contribution < -0.4 is 16.2 Å². The van der Waals surface area contributed by atoms with Crippen LogP contribution >= 0.6 is 0 Å². The highest BCUT2D eigenvalue weighted by Crippen LogP contribution is 2.27. The maximum atomic E-state index is 12.7. The third-order valence-corrected chi connectivity index (χ3v) is 5.17. The number of nitriles is 1. The molecular weight excluding hydrogens is 476 g/mol. The molecule has 0 aliphatic carbocycles. The van der Waals surface area contributed by atoms with Crippen molar-refractivity contribution < 1.29 is 28.6 Å². The Bertz CT molecular complexity index is 1490. The lowest BCUT2D eigenvalue weighted by atomic mass is 10.1. The number of carbonyl (C=O) groups is 3. The number of hydrazine groups is 1. The number of nitrogens with zero attached hydrogens (tertiary/aromatic N) is 1. The molecule has 0 saturated heterocycles. The third-order valence-electron chi connectivity index (χ3n) is 5.17. The number of phenolic OH excluding ortho intramolecular Hbond substituents is 1. The molecule has 10 nitrogen and oxygen atoms in total. The number of amides is 3. The highest BCUT2D eigenvalue weighted by Gasteiger charge is 2.19. The van der Waals surface area contributed by atoms with Crippen LogP contribution in [0.1, 0.15) is 32.0 Å². The molecule has 0 aliphatic rings. The van der Waals surface area contributed by atoms with Gasteiger partial charge in [0.1, 0.15) is 18.4 Å². The van der Waals surface area contributed by atoms with Gasteiger partial charge in [0, 0.05) is 16.8 Å². The first-order valence-corrected chi connectivity index (χ1v) is 10.9. The van der Waals surface area contributed by atoms with Crippen molar-refractivity contribution in [2.45, 2.75) is 6.61 Å². The van der Waals surface area contributed by atoms with Crippen LogP contribution in [-0.2, 0) is 11.3 Å². The standard InChI is InChI=1S/C27H20N4O6/c28-15-20-13-19(9-10-23(20)32)25(33)30-31-26(34)24-22(11-12-36-24)18-7-4-8-21(14-18)29-27(35)37-16-17-5-2-1-3-6-17/h1-14,32H,16H2,(H,29,35)(H,30,33)(H,31,34). The number of phenols is 1. The predicted octanol–water partition coefficient (Wildman–Crippen LogP) is 4.35. The van der Waals surface area contributed by atoms with Gasteiger partial charge in [-0.1, -0.05) is 42.5 Å². The van der Waals surface area contributed by atoms with Gasteiger partial charge in [0.2, 0.25) is 5.76 Å². The molecule has 0 aliphatic heterocycles. The molecule has 10 heteroatoms. The summed E-state index contributed by atoms with van der Waals surface area (Å²) in [6, 6.07) is 23.0. The zero-order chi connectivity index (χ0) is 26.2. The lowest BCUT2D eigenvalue weighted by Gasteiger charge is -2.10. The van der Waals surface area contributed by atoms with Crippen LogP contribution in [0.25, 0.3) is 11.1 Å². The van der Waals surface area contributed by atoms with Crippen molar-refractivity contribution in [3.05, 3.63) is 108 Å². The zero-order valence-electron chi connectivity index (χ0n) is 19.2. The van der Waals surface area contributed by atoms with Gasteiger partial charge in [-0.05, 0) is 47.5 Å². The number of nitrogens with one attached hydrogen (secondary N) is 3. The van der Waals surface area contributed by atoms with E-state index in [4.69, 9.17) is 14.4 Å². The third kappa shape index (κ3) is 6.12. The van der Waals surface area contributed by atoms with Gasteiger partial charge in [0.05, 0.1) is 11.8 Å². The van der Waals surface area contributed by atoms with E-state index in [9.17, 15) is 19.5 Å². The van der Waals surface area contributed by atoms with E-state index < -0.39 is 17.9 Å². The predicted molar refractivity (Wildman–Crippen MR) is 132 cm³/mol. The fourth-order valence-electron chi connectivity index (χ4n) is 3.36. The summed E-state index contributed by atoms with van der Waals surface area (Å²) in [5.41, 5.74) is 6.76. The summed E-state index contributed by atoms with van der Waals surface area (Å²) in [6.07, 6.45) is 0.682. The van der Waals surface area contributed by atoms with E-state index >= 15 is 0 Å². The molecule has 184 valence electrons. The van der Waals surface area contributed by atoms with E-state index in [0.29, 0.717) is 16.8 Å². The number of furan rings is 1. The maximum absolute atomic E-state index is 12.7.